The molecule has 168 valence electrons. The average molecular weight is 434 g/mol. The predicted molar refractivity (Wildman–Crippen MR) is 126 cm³/mol. The summed E-state index contributed by atoms with van der Waals surface area (Å²) in [7, 11) is 0. The van der Waals surface area contributed by atoms with Crippen LogP contribution in [0.25, 0.3) is 0 Å². The number of benzene rings is 2. The van der Waals surface area contributed by atoms with Crippen molar-refractivity contribution in [1.29, 1.82) is 0 Å². The number of nitrogens with one attached hydrogen (secondary N) is 1. The zero-order chi connectivity index (χ0) is 22.8. The highest BCUT2D eigenvalue weighted by molar-refractivity contribution is 6.23. The molecule has 0 radical (unpaired) electrons. The molecule has 4 rings (SSSR count). The molecular weight excluding hydrogens is 402 g/mol. The second-order valence-corrected chi connectivity index (χ2v) is 9.06. The summed E-state index contributed by atoms with van der Waals surface area (Å²) in [6.07, 6.45) is 3.04. The van der Waals surface area contributed by atoms with E-state index in [-0.39, 0.29) is 11.8 Å². The van der Waals surface area contributed by atoms with E-state index >= 15 is 0 Å². The van der Waals surface area contributed by atoms with Gasteiger partial charge in [-0.15, -0.1) is 0 Å². The van der Waals surface area contributed by atoms with Crippen LogP contribution in [0.3, 0.4) is 0 Å². The summed E-state index contributed by atoms with van der Waals surface area (Å²) < 4.78 is 0. The highest BCUT2D eigenvalue weighted by Crippen LogP contribution is 2.29. The molecule has 32 heavy (non-hydrogen) atoms. The normalized spacial score (nSPS) is 18.5. The summed E-state index contributed by atoms with van der Waals surface area (Å²) in [4.78, 5) is 42.8. The molecule has 2 aliphatic rings. The van der Waals surface area contributed by atoms with E-state index in [0.717, 1.165) is 29.6 Å². The van der Waals surface area contributed by atoms with Crippen molar-refractivity contribution in [3.05, 3.63) is 59.7 Å². The topological polar surface area (TPSA) is 69.7 Å². The lowest BCUT2D eigenvalue weighted by atomic mass is 9.96. The quantitative estimate of drug-likeness (QED) is 0.678. The number of carbonyl (C=O) groups excluding carboxylic acids is 3. The van der Waals surface area contributed by atoms with E-state index in [0.29, 0.717) is 23.2 Å². The minimum atomic E-state index is -0.865. The van der Waals surface area contributed by atoms with Gasteiger partial charge in [-0.3, -0.25) is 19.3 Å². The largest absolute Gasteiger partial charge is 0.372 e. The lowest BCUT2D eigenvalue weighted by Crippen LogP contribution is -2.50. The van der Waals surface area contributed by atoms with Gasteiger partial charge in [-0.2, -0.15) is 0 Å². The Morgan fingerprint density at radius 2 is 1.56 bits per heavy atom. The average Bonchev–Trinajstić information content (AvgIpc) is 3.05. The van der Waals surface area contributed by atoms with Gasteiger partial charge in [0.15, 0.2) is 0 Å². The number of piperidine rings is 1. The van der Waals surface area contributed by atoms with Crippen LogP contribution in [0.4, 0.5) is 11.4 Å². The molecule has 1 N–H and O–H groups in total. The first kappa shape index (κ1) is 22.1. The van der Waals surface area contributed by atoms with Gasteiger partial charge in [0.25, 0.3) is 11.8 Å². The summed E-state index contributed by atoms with van der Waals surface area (Å²) in [5.74, 6) is -0.550. The van der Waals surface area contributed by atoms with Crippen molar-refractivity contribution in [3.63, 3.8) is 0 Å². The Kier molecular flexibility index (Phi) is 6.31. The SMILES string of the molecule is CCC(C)C(C(=O)Nc1ccc(N2CCC(C)CC2)cc1)N1C(=O)c2ccccc2C1=O. The van der Waals surface area contributed by atoms with Gasteiger partial charge in [-0.1, -0.05) is 39.3 Å². The molecule has 6 nitrogen and oxygen atoms in total. The van der Waals surface area contributed by atoms with Crippen molar-refractivity contribution >= 4 is 29.1 Å². The molecule has 3 amide bonds. The second kappa shape index (κ2) is 9.15. The predicted octanol–water partition coefficient (Wildman–Crippen LogP) is 4.57. The molecule has 0 aliphatic carbocycles. The van der Waals surface area contributed by atoms with Gasteiger partial charge in [-0.05, 0) is 61.1 Å². The molecule has 2 heterocycles. The van der Waals surface area contributed by atoms with Crippen molar-refractivity contribution in [2.45, 2.75) is 46.1 Å². The number of anilines is 2. The number of amides is 3. The molecule has 2 unspecified atom stereocenters. The Bertz CT molecular complexity index is 974. The summed E-state index contributed by atoms with van der Waals surface area (Å²) in [5, 5.41) is 2.94. The first-order valence-electron chi connectivity index (χ1n) is 11.5. The fourth-order valence-electron chi connectivity index (χ4n) is 4.55. The van der Waals surface area contributed by atoms with Gasteiger partial charge < -0.3 is 10.2 Å². The van der Waals surface area contributed by atoms with Crippen LogP contribution in [0.5, 0.6) is 0 Å². The van der Waals surface area contributed by atoms with Crippen molar-refractivity contribution in [3.8, 4) is 0 Å². The zero-order valence-electron chi connectivity index (χ0n) is 19.0. The third kappa shape index (κ3) is 4.14. The smallest absolute Gasteiger partial charge is 0.262 e. The monoisotopic (exact) mass is 433 g/mol. The van der Waals surface area contributed by atoms with Crippen LogP contribution in [-0.4, -0.2) is 41.8 Å². The summed E-state index contributed by atoms with van der Waals surface area (Å²) in [6.45, 7) is 8.23. The molecule has 0 aromatic heterocycles. The number of rotatable bonds is 6. The molecule has 2 atom stereocenters. The van der Waals surface area contributed by atoms with Crippen LogP contribution in [-0.2, 0) is 4.79 Å². The van der Waals surface area contributed by atoms with Crippen molar-refractivity contribution in [2.75, 3.05) is 23.3 Å². The van der Waals surface area contributed by atoms with Crippen LogP contribution < -0.4 is 10.2 Å². The Balaban J connectivity index is 1.51. The van der Waals surface area contributed by atoms with E-state index in [4.69, 9.17) is 0 Å². The first-order chi connectivity index (χ1) is 15.4. The molecule has 0 bridgehead atoms. The molecule has 1 fully saturated rings. The Labute approximate surface area is 189 Å². The highest BCUT2D eigenvalue weighted by Gasteiger charge is 2.44. The van der Waals surface area contributed by atoms with Gasteiger partial charge >= 0.3 is 0 Å². The van der Waals surface area contributed by atoms with Crippen molar-refractivity contribution < 1.29 is 14.4 Å². The number of hydrogen-bond donors (Lipinski definition) is 1. The summed E-state index contributed by atoms with van der Waals surface area (Å²) >= 11 is 0. The molecule has 2 aromatic rings. The summed E-state index contributed by atoms with van der Waals surface area (Å²) in [5.41, 5.74) is 2.53. The minimum absolute atomic E-state index is 0.174. The van der Waals surface area contributed by atoms with E-state index in [1.165, 1.54) is 12.8 Å². The number of imide groups is 1. The van der Waals surface area contributed by atoms with Crippen LogP contribution in [0, 0.1) is 11.8 Å². The van der Waals surface area contributed by atoms with Crippen molar-refractivity contribution in [2.24, 2.45) is 11.8 Å². The number of hydrogen-bond acceptors (Lipinski definition) is 4. The molecule has 0 saturated carbocycles. The highest BCUT2D eigenvalue weighted by atomic mass is 16.2. The molecule has 2 aliphatic heterocycles. The Hall–Kier alpha value is -3.15. The van der Waals surface area contributed by atoms with Crippen LogP contribution in [0.15, 0.2) is 48.5 Å². The van der Waals surface area contributed by atoms with Gasteiger partial charge in [0.05, 0.1) is 11.1 Å². The minimum Gasteiger partial charge on any atom is -0.372 e. The fourth-order valence-corrected chi connectivity index (χ4v) is 4.55. The lowest BCUT2D eigenvalue weighted by Gasteiger charge is -2.32. The maximum Gasteiger partial charge on any atom is 0.262 e. The van der Waals surface area contributed by atoms with E-state index in [1.54, 1.807) is 24.3 Å². The van der Waals surface area contributed by atoms with E-state index in [1.807, 2.05) is 38.1 Å². The maximum atomic E-state index is 13.3. The van der Waals surface area contributed by atoms with E-state index in [2.05, 4.69) is 17.1 Å². The van der Waals surface area contributed by atoms with E-state index in [9.17, 15) is 14.4 Å². The van der Waals surface area contributed by atoms with Crippen molar-refractivity contribution in [1.82, 2.24) is 4.90 Å². The van der Waals surface area contributed by atoms with Crippen LogP contribution in [0.1, 0.15) is 60.7 Å². The van der Waals surface area contributed by atoms with Gasteiger partial charge in [0, 0.05) is 24.5 Å². The second-order valence-electron chi connectivity index (χ2n) is 9.06. The first-order valence-corrected chi connectivity index (χ1v) is 11.5. The van der Waals surface area contributed by atoms with Crippen LogP contribution >= 0.6 is 0 Å². The lowest BCUT2D eigenvalue weighted by molar-refractivity contribution is -0.121. The third-order valence-electron chi connectivity index (χ3n) is 6.84. The zero-order valence-corrected chi connectivity index (χ0v) is 19.0. The number of fused-ring (bicyclic) bond motifs is 1. The number of nitrogens with zero attached hydrogens (tertiary/aromatic N) is 2. The fraction of sp³-hybridized carbons (Fsp3) is 0.423. The Morgan fingerprint density at radius 1 is 1.00 bits per heavy atom. The number of carbonyl (C=O) groups is 3. The van der Waals surface area contributed by atoms with Gasteiger partial charge in [0.1, 0.15) is 6.04 Å². The van der Waals surface area contributed by atoms with E-state index < -0.39 is 17.9 Å². The summed E-state index contributed by atoms with van der Waals surface area (Å²) in [6, 6.07) is 13.7. The molecular formula is C26H31N3O3. The molecule has 6 heteroatoms. The molecule has 1 saturated heterocycles. The molecule has 0 spiro atoms. The maximum absolute atomic E-state index is 13.3. The van der Waals surface area contributed by atoms with Gasteiger partial charge in [0.2, 0.25) is 5.91 Å². The van der Waals surface area contributed by atoms with Gasteiger partial charge in [-0.25, -0.2) is 0 Å². The Morgan fingerprint density at radius 3 is 2.09 bits per heavy atom. The standard InChI is InChI=1S/C26H31N3O3/c1-4-18(3)23(29-25(31)21-7-5-6-8-22(21)26(29)32)24(30)27-19-9-11-20(12-10-19)28-15-13-17(2)14-16-28/h5-12,17-18,23H,4,13-16H2,1-3H3,(H,27,30). The van der Waals surface area contributed by atoms with Crippen LogP contribution in [0.2, 0.25) is 0 Å². The third-order valence-corrected chi connectivity index (χ3v) is 6.84. The molecule has 2 aromatic carbocycles.